The van der Waals surface area contributed by atoms with Crippen molar-refractivity contribution in [3.63, 3.8) is 0 Å². The number of carbonyl (C=O) groups is 1. The monoisotopic (exact) mass is 282 g/mol. The second kappa shape index (κ2) is 6.32. The molecule has 1 aliphatic heterocycles. The van der Waals surface area contributed by atoms with E-state index in [0.717, 1.165) is 5.56 Å². The summed E-state index contributed by atoms with van der Waals surface area (Å²) in [5, 5.41) is 28.9. The molecule has 0 amide bonds. The zero-order valence-corrected chi connectivity index (χ0v) is 11.0. The van der Waals surface area contributed by atoms with Crippen LogP contribution in [0.4, 0.5) is 0 Å². The van der Waals surface area contributed by atoms with Gasteiger partial charge in [0.05, 0.1) is 12.5 Å². The highest BCUT2D eigenvalue weighted by Gasteiger charge is 2.43. The van der Waals surface area contributed by atoms with Crippen molar-refractivity contribution in [2.45, 2.75) is 44.1 Å². The van der Waals surface area contributed by atoms with Crippen molar-refractivity contribution in [3.05, 3.63) is 35.9 Å². The molecule has 0 bridgehead atoms. The van der Waals surface area contributed by atoms with Crippen LogP contribution in [-0.4, -0.2) is 52.0 Å². The van der Waals surface area contributed by atoms with Gasteiger partial charge in [0, 0.05) is 0 Å². The number of aliphatic hydroxyl groups excluding tert-OH is 3. The van der Waals surface area contributed by atoms with E-state index >= 15 is 0 Å². The quantitative estimate of drug-likeness (QED) is 0.653. The van der Waals surface area contributed by atoms with Crippen LogP contribution in [0, 0.1) is 0 Å². The van der Waals surface area contributed by atoms with Gasteiger partial charge in [-0.1, -0.05) is 30.3 Å². The molecule has 0 radical (unpaired) electrons. The summed E-state index contributed by atoms with van der Waals surface area (Å²) >= 11 is 0. The third kappa shape index (κ3) is 3.34. The van der Waals surface area contributed by atoms with Gasteiger partial charge in [0.1, 0.15) is 18.3 Å². The van der Waals surface area contributed by atoms with Crippen LogP contribution < -0.4 is 0 Å². The SMILES string of the molecule is C[C@@H]1O[C@@H](OC(=O)Cc2ccccc2)[C@H](O)[C@H](O)[C@H]1O. The highest BCUT2D eigenvalue weighted by molar-refractivity contribution is 5.72. The Balaban J connectivity index is 1.94. The Morgan fingerprint density at radius 2 is 1.80 bits per heavy atom. The van der Waals surface area contributed by atoms with E-state index < -0.39 is 36.7 Å². The third-order valence-corrected chi connectivity index (χ3v) is 3.25. The Labute approximate surface area is 116 Å². The number of benzene rings is 1. The lowest BCUT2D eigenvalue weighted by Crippen LogP contribution is -2.57. The molecule has 2 rings (SSSR count). The molecule has 20 heavy (non-hydrogen) atoms. The molecule has 110 valence electrons. The Morgan fingerprint density at radius 3 is 2.45 bits per heavy atom. The van der Waals surface area contributed by atoms with Gasteiger partial charge in [-0.2, -0.15) is 0 Å². The zero-order valence-electron chi connectivity index (χ0n) is 11.0. The Hall–Kier alpha value is -1.47. The average molecular weight is 282 g/mol. The smallest absolute Gasteiger partial charge is 0.312 e. The first-order chi connectivity index (χ1) is 9.49. The van der Waals surface area contributed by atoms with Crippen LogP contribution in [0.5, 0.6) is 0 Å². The van der Waals surface area contributed by atoms with Crippen LogP contribution in [0.2, 0.25) is 0 Å². The van der Waals surface area contributed by atoms with Crippen LogP contribution in [0.3, 0.4) is 0 Å². The van der Waals surface area contributed by atoms with Crippen molar-refractivity contribution in [1.82, 2.24) is 0 Å². The molecule has 0 spiro atoms. The molecule has 5 atom stereocenters. The van der Waals surface area contributed by atoms with E-state index in [-0.39, 0.29) is 6.42 Å². The molecule has 6 nitrogen and oxygen atoms in total. The molecule has 1 saturated heterocycles. The minimum Gasteiger partial charge on any atom is -0.432 e. The maximum absolute atomic E-state index is 11.8. The topological polar surface area (TPSA) is 96.2 Å². The minimum absolute atomic E-state index is 0.0421. The first kappa shape index (κ1) is 14.9. The predicted octanol–water partition coefficient (Wildman–Crippen LogP) is -0.400. The first-order valence-electron chi connectivity index (χ1n) is 6.42. The summed E-state index contributed by atoms with van der Waals surface area (Å²) in [6.45, 7) is 1.53. The summed E-state index contributed by atoms with van der Waals surface area (Å²) in [4.78, 5) is 11.8. The molecule has 1 aromatic rings. The van der Waals surface area contributed by atoms with E-state index in [1.807, 2.05) is 6.07 Å². The lowest BCUT2D eigenvalue weighted by atomic mass is 10.00. The molecular weight excluding hydrogens is 264 g/mol. The van der Waals surface area contributed by atoms with Gasteiger partial charge in [-0.15, -0.1) is 0 Å². The van der Waals surface area contributed by atoms with Gasteiger partial charge in [-0.25, -0.2) is 0 Å². The number of carbonyl (C=O) groups excluding carboxylic acids is 1. The van der Waals surface area contributed by atoms with Crippen molar-refractivity contribution in [1.29, 1.82) is 0 Å². The molecule has 1 aromatic carbocycles. The second-order valence-corrected chi connectivity index (χ2v) is 4.83. The van der Waals surface area contributed by atoms with Gasteiger partial charge in [-0.3, -0.25) is 4.79 Å². The predicted molar refractivity (Wildman–Crippen MR) is 68.6 cm³/mol. The van der Waals surface area contributed by atoms with E-state index in [9.17, 15) is 20.1 Å². The Morgan fingerprint density at radius 1 is 1.15 bits per heavy atom. The van der Waals surface area contributed by atoms with Crippen molar-refractivity contribution in [2.75, 3.05) is 0 Å². The van der Waals surface area contributed by atoms with Crippen LogP contribution in [0.1, 0.15) is 12.5 Å². The van der Waals surface area contributed by atoms with E-state index in [2.05, 4.69) is 0 Å². The van der Waals surface area contributed by atoms with Gasteiger partial charge in [0.15, 0.2) is 0 Å². The van der Waals surface area contributed by atoms with Crippen LogP contribution in [0.15, 0.2) is 30.3 Å². The summed E-state index contributed by atoms with van der Waals surface area (Å²) in [6, 6.07) is 9.00. The van der Waals surface area contributed by atoms with Crippen molar-refractivity contribution in [2.24, 2.45) is 0 Å². The molecule has 0 unspecified atom stereocenters. The van der Waals surface area contributed by atoms with Crippen LogP contribution in [-0.2, 0) is 20.7 Å². The number of aliphatic hydroxyl groups is 3. The number of rotatable bonds is 3. The maximum atomic E-state index is 11.8. The van der Waals surface area contributed by atoms with Crippen LogP contribution >= 0.6 is 0 Å². The van der Waals surface area contributed by atoms with Gasteiger partial charge in [-0.05, 0) is 12.5 Å². The Kier molecular flexibility index (Phi) is 4.72. The summed E-state index contributed by atoms with van der Waals surface area (Å²) in [6.07, 6.45) is -6.06. The largest absolute Gasteiger partial charge is 0.432 e. The molecule has 1 fully saturated rings. The summed E-state index contributed by atoms with van der Waals surface area (Å²) in [7, 11) is 0. The highest BCUT2D eigenvalue weighted by Crippen LogP contribution is 2.22. The molecule has 0 aromatic heterocycles. The van der Waals surface area contributed by atoms with Gasteiger partial charge in [0.2, 0.25) is 6.29 Å². The number of hydrogen-bond donors (Lipinski definition) is 3. The summed E-state index contributed by atoms with van der Waals surface area (Å²) < 4.78 is 10.2. The third-order valence-electron chi connectivity index (χ3n) is 3.25. The lowest BCUT2D eigenvalue weighted by Gasteiger charge is -2.38. The molecule has 0 aliphatic carbocycles. The lowest BCUT2D eigenvalue weighted by molar-refractivity contribution is -0.284. The summed E-state index contributed by atoms with van der Waals surface area (Å²) in [5.74, 6) is -0.573. The maximum Gasteiger partial charge on any atom is 0.312 e. The van der Waals surface area contributed by atoms with Gasteiger partial charge >= 0.3 is 5.97 Å². The normalized spacial score (nSPS) is 33.7. The fourth-order valence-electron chi connectivity index (χ4n) is 2.04. The second-order valence-electron chi connectivity index (χ2n) is 4.83. The standard InChI is InChI=1S/C14H18O6/c1-8-11(16)12(17)13(18)14(19-8)20-10(15)7-9-5-3-2-4-6-9/h2-6,8,11-14,16-18H,7H2,1H3/t8-,11-,12+,13+,14-/m0/s1. The molecular formula is C14H18O6. The summed E-state index contributed by atoms with van der Waals surface area (Å²) in [5.41, 5.74) is 0.774. The first-order valence-corrected chi connectivity index (χ1v) is 6.42. The van der Waals surface area contributed by atoms with Crippen LogP contribution in [0.25, 0.3) is 0 Å². The van der Waals surface area contributed by atoms with Crippen molar-refractivity contribution in [3.8, 4) is 0 Å². The van der Waals surface area contributed by atoms with E-state index in [4.69, 9.17) is 9.47 Å². The van der Waals surface area contributed by atoms with Gasteiger partial charge < -0.3 is 24.8 Å². The number of esters is 1. The molecule has 1 heterocycles. The number of ether oxygens (including phenoxy) is 2. The van der Waals surface area contributed by atoms with Crippen molar-refractivity contribution < 1.29 is 29.6 Å². The Bertz CT molecular complexity index is 448. The minimum atomic E-state index is -1.47. The molecule has 0 saturated carbocycles. The fourth-order valence-corrected chi connectivity index (χ4v) is 2.04. The van der Waals surface area contributed by atoms with Crippen molar-refractivity contribution >= 4 is 5.97 Å². The fraction of sp³-hybridized carbons (Fsp3) is 0.500. The van der Waals surface area contributed by atoms with E-state index in [0.29, 0.717) is 0 Å². The zero-order chi connectivity index (χ0) is 14.7. The molecule has 3 N–H and O–H groups in total. The molecule has 1 aliphatic rings. The number of hydrogen-bond acceptors (Lipinski definition) is 6. The average Bonchev–Trinajstić information content (AvgIpc) is 2.43. The van der Waals surface area contributed by atoms with E-state index in [1.165, 1.54) is 6.92 Å². The van der Waals surface area contributed by atoms with Gasteiger partial charge in [0.25, 0.3) is 0 Å². The molecule has 6 heteroatoms. The highest BCUT2D eigenvalue weighted by atomic mass is 16.7. The van der Waals surface area contributed by atoms with E-state index in [1.54, 1.807) is 24.3 Å².